The maximum atomic E-state index is 12.9. The molecule has 1 aliphatic rings. The second kappa shape index (κ2) is 8.35. The predicted molar refractivity (Wildman–Crippen MR) is 98.4 cm³/mol. The first-order chi connectivity index (χ1) is 13.3. The molecule has 0 aromatic heterocycles. The van der Waals surface area contributed by atoms with Gasteiger partial charge in [-0.05, 0) is 48.5 Å². The van der Waals surface area contributed by atoms with Crippen molar-refractivity contribution in [2.45, 2.75) is 10.9 Å². The van der Waals surface area contributed by atoms with E-state index in [9.17, 15) is 21.8 Å². The molecule has 2 N–H and O–H groups in total. The van der Waals surface area contributed by atoms with Gasteiger partial charge < -0.3 is 4.74 Å². The Morgan fingerprint density at radius 3 is 2.29 bits per heavy atom. The van der Waals surface area contributed by atoms with Crippen LogP contribution in [0.2, 0.25) is 0 Å². The van der Waals surface area contributed by atoms with Crippen LogP contribution in [0.25, 0.3) is 0 Å². The van der Waals surface area contributed by atoms with Gasteiger partial charge in [-0.1, -0.05) is 0 Å². The van der Waals surface area contributed by atoms with Crippen LogP contribution in [0.1, 0.15) is 0 Å². The van der Waals surface area contributed by atoms with Crippen LogP contribution in [0, 0.1) is 5.82 Å². The van der Waals surface area contributed by atoms with Crippen molar-refractivity contribution in [3.05, 3.63) is 54.3 Å². The Balaban J connectivity index is 1.82. The Kier molecular flexibility index (Phi) is 6.08. The topological polar surface area (TPSA) is 113 Å². The molecule has 28 heavy (non-hydrogen) atoms. The third-order valence-corrected chi connectivity index (χ3v) is 7.37. The molecule has 150 valence electrons. The van der Waals surface area contributed by atoms with Crippen LogP contribution in [-0.4, -0.2) is 52.1 Å². The SMILES string of the molecule is O=C(NO)C1CS(=O)CCN1S(=O)(=O)c1ccc(Oc2ccc(F)cc2)cc1. The van der Waals surface area contributed by atoms with Gasteiger partial charge in [-0.25, -0.2) is 18.3 Å². The fourth-order valence-electron chi connectivity index (χ4n) is 2.71. The number of rotatable bonds is 5. The van der Waals surface area contributed by atoms with Crippen molar-refractivity contribution in [3.63, 3.8) is 0 Å². The number of nitrogens with zero attached hydrogens (tertiary/aromatic N) is 1. The molecule has 2 aromatic carbocycles. The maximum absolute atomic E-state index is 12.9. The summed E-state index contributed by atoms with van der Waals surface area (Å²) < 4.78 is 56.9. The van der Waals surface area contributed by atoms with E-state index in [2.05, 4.69) is 0 Å². The van der Waals surface area contributed by atoms with Crippen LogP contribution in [-0.2, 0) is 25.6 Å². The molecule has 2 atom stereocenters. The first kappa shape index (κ1) is 20.4. The summed E-state index contributed by atoms with van der Waals surface area (Å²) in [5.74, 6) is -0.715. The minimum atomic E-state index is -4.06. The lowest BCUT2D eigenvalue weighted by molar-refractivity contribution is -0.132. The van der Waals surface area contributed by atoms with Crippen molar-refractivity contribution in [1.29, 1.82) is 0 Å². The van der Waals surface area contributed by atoms with Crippen molar-refractivity contribution >= 4 is 26.7 Å². The number of carbonyl (C=O) groups excluding carboxylic acids is 1. The predicted octanol–water partition coefficient (Wildman–Crippen LogP) is 1.24. The molecule has 0 spiro atoms. The normalized spacial score (nSPS) is 20.5. The van der Waals surface area contributed by atoms with E-state index in [4.69, 9.17) is 9.94 Å². The molecule has 2 unspecified atom stereocenters. The van der Waals surface area contributed by atoms with E-state index < -0.39 is 38.6 Å². The second-order valence-electron chi connectivity index (χ2n) is 5.95. The molecule has 1 fully saturated rings. The van der Waals surface area contributed by atoms with Gasteiger partial charge in [-0.3, -0.25) is 14.2 Å². The van der Waals surface area contributed by atoms with Gasteiger partial charge in [-0.2, -0.15) is 4.31 Å². The quantitative estimate of drug-likeness (QED) is 0.547. The van der Waals surface area contributed by atoms with Gasteiger partial charge >= 0.3 is 0 Å². The number of ether oxygens (including phenoxy) is 1. The molecule has 0 saturated carbocycles. The van der Waals surface area contributed by atoms with E-state index >= 15 is 0 Å². The van der Waals surface area contributed by atoms with E-state index in [1.165, 1.54) is 54.0 Å². The molecule has 0 bridgehead atoms. The molecule has 0 radical (unpaired) electrons. The summed E-state index contributed by atoms with van der Waals surface area (Å²) in [6.45, 7) is -0.110. The van der Waals surface area contributed by atoms with Gasteiger partial charge in [0.2, 0.25) is 10.0 Å². The number of nitrogens with one attached hydrogen (secondary N) is 1. The first-order valence-electron chi connectivity index (χ1n) is 8.15. The lowest BCUT2D eigenvalue weighted by Crippen LogP contribution is -2.55. The number of amides is 1. The summed E-state index contributed by atoms with van der Waals surface area (Å²) in [4.78, 5) is 11.8. The summed E-state index contributed by atoms with van der Waals surface area (Å²) in [6, 6.07) is 9.57. The lowest BCUT2D eigenvalue weighted by atomic mass is 10.3. The van der Waals surface area contributed by atoms with Gasteiger partial charge in [0.1, 0.15) is 23.4 Å². The van der Waals surface area contributed by atoms with Crippen LogP contribution in [0.3, 0.4) is 0 Å². The van der Waals surface area contributed by atoms with Gasteiger partial charge in [0.15, 0.2) is 0 Å². The average Bonchev–Trinajstić information content (AvgIpc) is 2.69. The molecular formula is C17H17FN2O6S2. The van der Waals surface area contributed by atoms with E-state index in [0.717, 1.165) is 4.31 Å². The third kappa shape index (κ3) is 4.38. The molecule has 1 saturated heterocycles. The zero-order chi connectivity index (χ0) is 20.3. The number of halogens is 1. The largest absolute Gasteiger partial charge is 0.457 e. The maximum Gasteiger partial charge on any atom is 0.262 e. The Bertz CT molecular complexity index is 980. The number of carbonyl (C=O) groups is 1. The fraction of sp³-hybridized carbons (Fsp3) is 0.235. The molecule has 11 heteroatoms. The highest BCUT2D eigenvalue weighted by atomic mass is 32.2. The second-order valence-corrected chi connectivity index (χ2v) is 9.46. The Hall–Kier alpha value is -2.34. The minimum Gasteiger partial charge on any atom is -0.457 e. The molecule has 1 heterocycles. The Labute approximate surface area is 163 Å². The molecular weight excluding hydrogens is 411 g/mol. The number of sulfonamides is 1. The molecule has 3 rings (SSSR count). The molecule has 2 aromatic rings. The van der Waals surface area contributed by atoms with E-state index in [0.29, 0.717) is 11.5 Å². The third-order valence-electron chi connectivity index (χ3n) is 4.12. The molecule has 1 amide bonds. The van der Waals surface area contributed by atoms with E-state index in [1.54, 1.807) is 0 Å². The molecule has 0 aliphatic carbocycles. The number of hydrogen-bond acceptors (Lipinski definition) is 6. The highest BCUT2D eigenvalue weighted by Gasteiger charge is 2.40. The van der Waals surface area contributed by atoms with Crippen molar-refractivity contribution in [1.82, 2.24) is 9.79 Å². The van der Waals surface area contributed by atoms with Gasteiger partial charge in [0, 0.05) is 28.9 Å². The highest BCUT2D eigenvalue weighted by molar-refractivity contribution is 7.89. The first-order valence-corrected chi connectivity index (χ1v) is 11.1. The molecule has 8 nitrogen and oxygen atoms in total. The van der Waals surface area contributed by atoms with Crippen molar-refractivity contribution in [3.8, 4) is 11.5 Å². The number of hydrogen-bond donors (Lipinski definition) is 2. The fourth-order valence-corrected chi connectivity index (χ4v) is 5.76. The zero-order valence-corrected chi connectivity index (χ0v) is 16.1. The van der Waals surface area contributed by atoms with Crippen LogP contribution in [0.5, 0.6) is 11.5 Å². The van der Waals surface area contributed by atoms with Crippen molar-refractivity contribution in [2.24, 2.45) is 0 Å². The van der Waals surface area contributed by atoms with Crippen LogP contribution >= 0.6 is 0 Å². The van der Waals surface area contributed by atoms with Gasteiger partial charge in [-0.15, -0.1) is 0 Å². The van der Waals surface area contributed by atoms with Crippen LogP contribution < -0.4 is 10.2 Å². The van der Waals surface area contributed by atoms with E-state index in [-0.39, 0.29) is 22.9 Å². The summed E-state index contributed by atoms with van der Waals surface area (Å²) in [5.41, 5.74) is 1.42. The monoisotopic (exact) mass is 428 g/mol. The van der Waals surface area contributed by atoms with Crippen LogP contribution in [0.4, 0.5) is 4.39 Å². The highest BCUT2D eigenvalue weighted by Crippen LogP contribution is 2.26. The van der Waals surface area contributed by atoms with Crippen molar-refractivity contribution in [2.75, 3.05) is 18.1 Å². The molecule has 1 aliphatic heterocycles. The minimum absolute atomic E-state index is 0.0811. The van der Waals surface area contributed by atoms with Crippen molar-refractivity contribution < 1.29 is 31.8 Å². The zero-order valence-electron chi connectivity index (χ0n) is 14.4. The smallest absolute Gasteiger partial charge is 0.262 e. The Morgan fingerprint density at radius 2 is 1.71 bits per heavy atom. The lowest BCUT2D eigenvalue weighted by Gasteiger charge is -2.32. The summed E-state index contributed by atoms with van der Waals surface area (Å²) in [7, 11) is -5.42. The number of hydroxylamine groups is 1. The Morgan fingerprint density at radius 1 is 1.14 bits per heavy atom. The summed E-state index contributed by atoms with van der Waals surface area (Å²) >= 11 is 0. The number of benzene rings is 2. The van der Waals surface area contributed by atoms with Gasteiger partial charge in [0.25, 0.3) is 5.91 Å². The summed E-state index contributed by atoms with van der Waals surface area (Å²) in [6.07, 6.45) is 0. The van der Waals surface area contributed by atoms with Gasteiger partial charge in [0.05, 0.1) is 4.90 Å². The van der Waals surface area contributed by atoms with E-state index in [1.807, 2.05) is 0 Å². The average molecular weight is 428 g/mol. The van der Waals surface area contributed by atoms with Crippen LogP contribution in [0.15, 0.2) is 53.4 Å². The standard InChI is InChI=1S/C17H17FN2O6S2/c18-12-1-3-13(4-2-12)26-14-5-7-15(8-6-14)28(24,25)20-9-10-27(23)11-16(20)17(21)19-22/h1-8,16,22H,9-11H2,(H,19,21). The summed E-state index contributed by atoms with van der Waals surface area (Å²) in [5, 5.41) is 8.86.